The smallest absolute Gasteiger partial charge is 0.338 e. The van der Waals surface area contributed by atoms with Gasteiger partial charge in [-0.15, -0.1) is 0 Å². The van der Waals surface area contributed by atoms with Crippen molar-refractivity contribution in [3.63, 3.8) is 0 Å². The molecule has 0 atom stereocenters. The van der Waals surface area contributed by atoms with Crippen molar-refractivity contribution < 1.29 is 22.3 Å². The first-order valence-electron chi connectivity index (χ1n) is 13.0. The van der Waals surface area contributed by atoms with E-state index in [2.05, 4.69) is 16.0 Å². The first-order valence-corrected chi connectivity index (χ1v) is 14.4. The maximum absolute atomic E-state index is 13.6. The number of carbonyl (C=O) groups excluding carboxylic acids is 1. The molecule has 3 aromatic rings. The zero-order valence-corrected chi connectivity index (χ0v) is 22.7. The molecule has 0 spiro atoms. The van der Waals surface area contributed by atoms with E-state index >= 15 is 0 Å². The number of fused-ring (bicyclic) bond motifs is 2. The summed E-state index contributed by atoms with van der Waals surface area (Å²) in [7, 11) is -3.72. The Labute approximate surface area is 222 Å². The summed E-state index contributed by atoms with van der Waals surface area (Å²) in [5.74, 6) is -0.681. The van der Waals surface area contributed by atoms with E-state index in [4.69, 9.17) is 4.74 Å². The largest absolute Gasteiger partial charge is 0.462 e. The van der Waals surface area contributed by atoms with Gasteiger partial charge in [0, 0.05) is 61.4 Å². The summed E-state index contributed by atoms with van der Waals surface area (Å²) >= 11 is 0. The van der Waals surface area contributed by atoms with Crippen molar-refractivity contribution in [2.24, 2.45) is 0 Å². The molecule has 2 aliphatic rings. The second-order valence-electron chi connectivity index (χ2n) is 9.96. The highest BCUT2D eigenvalue weighted by Crippen LogP contribution is 2.35. The summed E-state index contributed by atoms with van der Waals surface area (Å²) in [5, 5.41) is 0.998. The van der Waals surface area contributed by atoms with Crippen molar-refractivity contribution in [3.8, 4) is 0 Å². The molecule has 10 heteroatoms. The summed E-state index contributed by atoms with van der Waals surface area (Å²) in [6, 6.07) is 9.64. The minimum Gasteiger partial charge on any atom is -0.462 e. The maximum atomic E-state index is 13.6. The van der Waals surface area contributed by atoms with Gasteiger partial charge in [0.05, 0.1) is 17.9 Å². The second-order valence-corrected chi connectivity index (χ2v) is 11.8. The molecule has 1 aromatic heterocycles. The van der Waals surface area contributed by atoms with Crippen LogP contribution < -0.4 is 4.31 Å². The van der Waals surface area contributed by atoms with Gasteiger partial charge in [-0.3, -0.25) is 9.21 Å². The Morgan fingerprint density at radius 3 is 2.68 bits per heavy atom. The number of hydrogen-bond donors (Lipinski definition) is 1. The van der Waals surface area contributed by atoms with E-state index in [0.717, 1.165) is 35.0 Å². The highest BCUT2D eigenvalue weighted by Gasteiger charge is 2.38. The number of hydrogen-bond acceptors (Lipinski definition) is 5. The SMILES string of the molecule is CCOC(=O)c1ccc2c(c1)CN(C(C)C)S(=O)(=O)N2CCN1CC=C(c2c[nH]c3cc(F)ccc23)CC1. The predicted molar refractivity (Wildman–Crippen MR) is 147 cm³/mol. The zero-order valence-electron chi connectivity index (χ0n) is 21.9. The third-order valence-corrected chi connectivity index (χ3v) is 9.32. The minimum absolute atomic E-state index is 0.212. The van der Waals surface area contributed by atoms with Gasteiger partial charge in [0.1, 0.15) is 5.82 Å². The predicted octanol–water partition coefficient (Wildman–Crippen LogP) is 4.55. The molecule has 0 aliphatic carbocycles. The van der Waals surface area contributed by atoms with Gasteiger partial charge in [-0.05, 0) is 74.7 Å². The Hall–Kier alpha value is -3.21. The number of aromatic amines is 1. The molecule has 0 saturated carbocycles. The lowest BCUT2D eigenvalue weighted by atomic mass is 9.99. The zero-order chi connectivity index (χ0) is 27.0. The van der Waals surface area contributed by atoms with Crippen molar-refractivity contribution in [1.29, 1.82) is 0 Å². The monoisotopic (exact) mass is 540 g/mol. The van der Waals surface area contributed by atoms with E-state index < -0.39 is 16.2 Å². The second kappa shape index (κ2) is 10.5. The quantitative estimate of drug-likeness (QED) is 0.445. The first-order chi connectivity index (χ1) is 18.2. The number of anilines is 1. The van der Waals surface area contributed by atoms with Gasteiger partial charge in [0.2, 0.25) is 0 Å². The van der Waals surface area contributed by atoms with Crippen LogP contribution in [0.1, 0.15) is 48.7 Å². The van der Waals surface area contributed by atoms with E-state index in [0.29, 0.717) is 30.9 Å². The van der Waals surface area contributed by atoms with Crippen LogP contribution in [0.4, 0.5) is 10.1 Å². The number of rotatable bonds is 7. The molecule has 38 heavy (non-hydrogen) atoms. The lowest BCUT2D eigenvalue weighted by molar-refractivity contribution is 0.0526. The maximum Gasteiger partial charge on any atom is 0.338 e. The van der Waals surface area contributed by atoms with Crippen molar-refractivity contribution in [1.82, 2.24) is 14.2 Å². The fraction of sp³-hybridized carbons (Fsp3) is 0.393. The Morgan fingerprint density at radius 2 is 1.97 bits per heavy atom. The molecule has 5 rings (SSSR count). The van der Waals surface area contributed by atoms with Crippen LogP contribution in [0, 0.1) is 5.82 Å². The van der Waals surface area contributed by atoms with Crippen molar-refractivity contribution in [2.45, 2.75) is 39.8 Å². The molecule has 0 fully saturated rings. The number of nitrogens with zero attached hydrogens (tertiary/aromatic N) is 3. The van der Waals surface area contributed by atoms with Crippen molar-refractivity contribution >= 4 is 38.3 Å². The lowest BCUT2D eigenvalue weighted by Crippen LogP contribution is -2.52. The molecule has 2 aliphatic heterocycles. The highest BCUT2D eigenvalue weighted by molar-refractivity contribution is 7.90. The third-order valence-electron chi connectivity index (χ3n) is 7.24. The van der Waals surface area contributed by atoms with Gasteiger partial charge in [0.15, 0.2) is 0 Å². The van der Waals surface area contributed by atoms with E-state index in [9.17, 15) is 17.6 Å². The number of benzene rings is 2. The van der Waals surface area contributed by atoms with Crippen LogP contribution >= 0.6 is 0 Å². The summed E-state index contributed by atoms with van der Waals surface area (Å²) in [6.45, 7) is 8.29. The normalized spacial score (nSPS) is 18.0. The van der Waals surface area contributed by atoms with E-state index in [1.807, 2.05) is 20.0 Å². The molecule has 0 unspecified atom stereocenters. The van der Waals surface area contributed by atoms with Crippen LogP contribution in [-0.2, 0) is 21.5 Å². The van der Waals surface area contributed by atoms with Crippen molar-refractivity contribution in [3.05, 3.63) is 71.2 Å². The number of nitrogens with one attached hydrogen (secondary N) is 1. The molecule has 8 nitrogen and oxygen atoms in total. The number of ether oxygens (including phenoxy) is 1. The fourth-order valence-corrected chi connectivity index (χ4v) is 7.06. The fourth-order valence-electron chi connectivity index (χ4n) is 5.24. The molecule has 0 amide bonds. The van der Waals surface area contributed by atoms with Crippen LogP contribution in [0.2, 0.25) is 0 Å². The Bertz CT molecular complexity index is 1500. The summed E-state index contributed by atoms with van der Waals surface area (Å²) in [6.07, 6.45) is 4.91. The molecule has 0 radical (unpaired) electrons. The molecular formula is C28H33FN4O4S. The highest BCUT2D eigenvalue weighted by atomic mass is 32.2. The number of carbonyl (C=O) groups is 1. The van der Waals surface area contributed by atoms with Gasteiger partial charge < -0.3 is 9.72 Å². The average molecular weight is 541 g/mol. The molecule has 1 N–H and O–H groups in total. The van der Waals surface area contributed by atoms with Gasteiger partial charge in [-0.2, -0.15) is 12.7 Å². The number of esters is 1. The summed E-state index contributed by atoms with van der Waals surface area (Å²) in [5.41, 5.74) is 4.87. The van der Waals surface area contributed by atoms with Gasteiger partial charge >= 0.3 is 16.2 Å². The van der Waals surface area contributed by atoms with Crippen LogP contribution in [-0.4, -0.2) is 67.4 Å². The molecule has 2 aromatic carbocycles. The minimum atomic E-state index is -3.72. The van der Waals surface area contributed by atoms with Crippen LogP contribution in [0.3, 0.4) is 0 Å². The van der Waals surface area contributed by atoms with E-state index in [-0.39, 0.29) is 25.0 Å². The van der Waals surface area contributed by atoms with Crippen LogP contribution in [0.25, 0.3) is 16.5 Å². The standard InChI is InChI=1S/C28H33FN4O4S/c1-4-37-28(34)21-5-8-27-22(15-21)18-33(19(2)3)38(35,36)32(27)14-13-31-11-9-20(10-12-31)25-17-30-26-16-23(29)6-7-24(25)26/h5-9,15-17,19,30H,4,10-14,18H2,1-3H3. The molecule has 202 valence electrons. The number of halogens is 1. The molecule has 0 bridgehead atoms. The van der Waals surface area contributed by atoms with Crippen LogP contribution in [0.5, 0.6) is 0 Å². The third kappa shape index (κ3) is 4.95. The van der Waals surface area contributed by atoms with E-state index in [1.54, 1.807) is 31.2 Å². The summed E-state index contributed by atoms with van der Waals surface area (Å²) in [4.78, 5) is 17.7. The van der Waals surface area contributed by atoms with Gasteiger partial charge in [-0.25, -0.2) is 9.18 Å². The number of H-pyrrole nitrogens is 1. The first kappa shape index (κ1) is 26.4. The van der Waals surface area contributed by atoms with Crippen LogP contribution in [0.15, 0.2) is 48.7 Å². The molecular weight excluding hydrogens is 507 g/mol. The lowest BCUT2D eigenvalue weighted by Gasteiger charge is -2.40. The molecule has 3 heterocycles. The Balaban J connectivity index is 1.34. The Morgan fingerprint density at radius 1 is 1.16 bits per heavy atom. The summed E-state index contributed by atoms with van der Waals surface area (Å²) < 4.78 is 48.8. The Kier molecular flexibility index (Phi) is 7.30. The van der Waals surface area contributed by atoms with Gasteiger partial charge in [-0.1, -0.05) is 6.08 Å². The average Bonchev–Trinajstić information content (AvgIpc) is 3.30. The van der Waals surface area contributed by atoms with E-state index in [1.165, 1.54) is 26.3 Å². The topological polar surface area (TPSA) is 85.9 Å². The number of aromatic nitrogens is 1. The molecule has 0 saturated heterocycles. The van der Waals surface area contributed by atoms with Crippen molar-refractivity contribution in [2.75, 3.05) is 37.1 Å². The van der Waals surface area contributed by atoms with Gasteiger partial charge in [0.25, 0.3) is 0 Å².